The number of hydrogen-bond acceptors (Lipinski definition) is 8. The van der Waals surface area contributed by atoms with Gasteiger partial charge in [-0.2, -0.15) is 0 Å². The van der Waals surface area contributed by atoms with Gasteiger partial charge in [0.05, 0.1) is 42.2 Å². The molecular formula is C21H26O8. The lowest BCUT2D eigenvalue weighted by atomic mass is 10.1. The van der Waals surface area contributed by atoms with E-state index >= 15 is 0 Å². The van der Waals surface area contributed by atoms with Crippen molar-refractivity contribution in [1.82, 2.24) is 0 Å². The van der Waals surface area contributed by atoms with Gasteiger partial charge in [-0.1, -0.05) is 12.2 Å². The first-order valence-corrected chi connectivity index (χ1v) is 8.70. The fourth-order valence-electron chi connectivity index (χ4n) is 2.72. The minimum Gasteiger partial charge on any atom is -0.493 e. The van der Waals surface area contributed by atoms with Gasteiger partial charge in [0.15, 0.2) is 23.0 Å². The van der Waals surface area contributed by atoms with Gasteiger partial charge in [0.25, 0.3) is 0 Å². The number of aliphatic hydroxyl groups is 2. The molecule has 0 amide bonds. The summed E-state index contributed by atoms with van der Waals surface area (Å²) in [5.74, 6) is 2.10. The van der Waals surface area contributed by atoms with Gasteiger partial charge in [0, 0.05) is 5.56 Å². The standard InChI is InChI=1S/C21H26O8/c1-24-15-9-13(7-6-8-22)10-16(25-2)20(15)29-21(23)14-11-17(26-3)19(28-5)18(12-14)27-4/h6-7,9-12,21-23H,8H2,1-5H3/b7-6+/t21-/m0/s1. The third-order valence-corrected chi connectivity index (χ3v) is 4.10. The number of rotatable bonds is 10. The summed E-state index contributed by atoms with van der Waals surface area (Å²) in [7, 11) is 7.42. The van der Waals surface area contributed by atoms with Crippen molar-refractivity contribution in [2.75, 3.05) is 42.2 Å². The van der Waals surface area contributed by atoms with Crippen molar-refractivity contribution in [1.29, 1.82) is 0 Å². The zero-order valence-electron chi connectivity index (χ0n) is 17.1. The lowest BCUT2D eigenvalue weighted by molar-refractivity contribution is -0.0230. The van der Waals surface area contributed by atoms with Gasteiger partial charge in [0.1, 0.15) is 0 Å². The highest BCUT2D eigenvalue weighted by Gasteiger charge is 2.22. The van der Waals surface area contributed by atoms with Crippen molar-refractivity contribution in [2.45, 2.75) is 6.29 Å². The molecule has 2 N–H and O–H groups in total. The van der Waals surface area contributed by atoms with E-state index in [-0.39, 0.29) is 12.4 Å². The molecular weight excluding hydrogens is 380 g/mol. The van der Waals surface area contributed by atoms with Crippen LogP contribution in [0.25, 0.3) is 6.08 Å². The fraction of sp³-hybridized carbons (Fsp3) is 0.333. The van der Waals surface area contributed by atoms with Crippen LogP contribution in [0, 0.1) is 0 Å². The number of hydrogen-bond donors (Lipinski definition) is 2. The molecule has 0 saturated heterocycles. The topological polar surface area (TPSA) is 95.8 Å². The lowest BCUT2D eigenvalue weighted by Gasteiger charge is -2.21. The van der Waals surface area contributed by atoms with E-state index in [4.69, 9.17) is 33.5 Å². The van der Waals surface area contributed by atoms with Crippen molar-refractivity contribution in [2.24, 2.45) is 0 Å². The monoisotopic (exact) mass is 406 g/mol. The maximum Gasteiger partial charge on any atom is 0.224 e. The van der Waals surface area contributed by atoms with Crippen LogP contribution >= 0.6 is 0 Å². The Labute approximate surface area is 169 Å². The number of ether oxygens (including phenoxy) is 6. The minimum absolute atomic E-state index is 0.0945. The molecule has 0 radical (unpaired) electrons. The van der Waals surface area contributed by atoms with Crippen LogP contribution in [-0.4, -0.2) is 52.4 Å². The molecule has 29 heavy (non-hydrogen) atoms. The molecule has 1 atom stereocenters. The highest BCUT2D eigenvalue weighted by Crippen LogP contribution is 2.43. The van der Waals surface area contributed by atoms with E-state index in [1.165, 1.54) is 35.5 Å². The van der Waals surface area contributed by atoms with Crippen LogP contribution in [0.2, 0.25) is 0 Å². The minimum atomic E-state index is -1.37. The van der Waals surface area contributed by atoms with E-state index in [1.54, 1.807) is 36.4 Å². The van der Waals surface area contributed by atoms with E-state index in [0.717, 1.165) is 5.56 Å². The van der Waals surface area contributed by atoms with Crippen molar-refractivity contribution in [3.8, 4) is 34.5 Å². The average molecular weight is 406 g/mol. The molecule has 2 rings (SSSR count). The smallest absolute Gasteiger partial charge is 0.224 e. The fourth-order valence-corrected chi connectivity index (χ4v) is 2.72. The normalized spacial score (nSPS) is 11.8. The zero-order valence-corrected chi connectivity index (χ0v) is 17.1. The average Bonchev–Trinajstić information content (AvgIpc) is 2.76. The van der Waals surface area contributed by atoms with Crippen LogP contribution in [0.4, 0.5) is 0 Å². The largest absolute Gasteiger partial charge is 0.493 e. The summed E-state index contributed by atoms with van der Waals surface area (Å²) in [5.41, 5.74) is 1.12. The maximum absolute atomic E-state index is 10.7. The van der Waals surface area contributed by atoms with Crippen LogP contribution in [0.15, 0.2) is 30.3 Å². The second kappa shape index (κ2) is 10.4. The van der Waals surface area contributed by atoms with Crippen molar-refractivity contribution in [3.63, 3.8) is 0 Å². The van der Waals surface area contributed by atoms with Crippen LogP contribution in [0.1, 0.15) is 17.4 Å². The quantitative estimate of drug-likeness (QED) is 0.582. The molecule has 158 valence electrons. The Hall–Kier alpha value is -3.10. The summed E-state index contributed by atoms with van der Waals surface area (Å²) in [6.07, 6.45) is 1.93. The third kappa shape index (κ3) is 5.04. The highest BCUT2D eigenvalue weighted by molar-refractivity contribution is 5.62. The molecule has 0 aromatic heterocycles. The van der Waals surface area contributed by atoms with Crippen LogP contribution in [0.5, 0.6) is 34.5 Å². The second-order valence-corrected chi connectivity index (χ2v) is 5.77. The van der Waals surface area contributed by atoms with Gasteiger partial charge in [-0.15, -0.1) is 0 Å². The van der Waals surface area contributed by atoms with Crippen molar-refractivity contribution < 1.29 is 38.6 Å². The molecule has 2 aromatic rings. The van der Waals surface area contributed by atoms with E-state index in [9.17, 15) is 5.11 Å². The zero-order chi connectivity index (χ0) is 21.4. The Kier molecular flexibility index (Phi) is 7.99. The summed E-state index contributed by atoms with van der Waals surface area (Å²) in [6.45, 7) is -0.0945. The molecule has 0 aliphatic rings. The SMILES string of the molecule is COc1cc([C@@H](O)Oc2c(OC)cc(/C=C/CO)cc2OC)cc(OC)c1OC. The first kappa shape index (κ1) is 22.2. The molecule has 0 heterocycles. The van der Waals surface area contributed by atoms with Gasteiger partial charge in [0.2, 0.25) is 17.8 Å². The molecule has 0 aliphatic heterocycles. The van der Waals surface area contributed by atoms with E-state index in [2.05, 4.69) is 0 Å². The molecule has 2 aromatic carbocycles. The van der Waals surface area contributed by atoms with Gasteiger partial charge < -0.3 is 38.6 Å². The molecule has 0 unspecified atom stereocenters. The summed E-state index contributed by atoms with van der Waals surface area (Å²) >= 11 is 0. The van der Waals surface area contributed by atoms with Gasteiger partial charge in [-0.3, -0.25) is 0 Å². The maximum atomic E-state index is 10.7. The molecule has 8 nitrogen and oxygen atoms in total. The van der Waals surface area contributed by atoms with E-state index < -0.39 is 6.29 Å². The number of methoxy groups -OCH3 is 5. The summed E-state index contributed by atoms with van der Waals surface area (Å²) in [4.78, 5) is 0. The number of benzene rings is 2. The Morgan fingerprint density at radius 2 is 1.24 bits per heavy atom. The Balaban J connectivity index is 2.44. The molecule has 0 fully saturated rings. The molecule has 8 heteroatoms. The molecule has 0 bridgehead atoms. The van der Waals surface area contributed by atoms with Crippen LogP contribution < -0.4 is 28.4 Å². The Morgan fingerprint density at radius 1 is 0.759 bits per heavy atom. The lowest BCUT2D eigenvalue weighted by Crippen LogP contribution is -2.09. The van der Waals surface area contributed by atoms with Gasteiger partial charge in [-0.25, -0.2) is 0 Å². The van der Waals surface area contributed by atoms with Gasteiger partial charge >= 0.3 is 0 Å². The van der Waals surface area contributed by atoms with E-state index in [1.807, 2.05) is 0 Å². The molecule has 0 saturated carbocycles. The van der Waals surface area contributed by atoms with Gasteiger partial charge in [-0.05, 0) is 29.8 Å². The summed E-state index contributed by atoms with van der Waals surface area (Å²) in [5, 5.41) is 19.7. The third-order valence-electron chi connectivity index (χ3n) is 4.10. The first-order valence-electron chi connectivity index (χ1n) is 8.70. The predicted octanol–water partition coefficient (Wildman–Crippen LogP) is 2.81. The Morgan fingerprint density at radius 3 is 1.66 bits per heavy atom. The highest BCUT2D eigenvalue weighted by atomic mass is 16.6. The van der Waals surface area contributed by atoms with E-state index in [0.29, 0.717) is 34.3 Å². The summed E-state index contributed by atoms with van der Waals surface area (Å²) in [6, 6.07) is 6.57. The predicted molar refractivity (Wildman–Crippen MR) is 107 cm³/mol. The Bertz CT molecular complexity index is 797. The first-order chi connectivity index (χ1) is 14.0. The van der Waals surface area contributed by atoms with Crippen LogP contribution in [0.3, 0.4) is 0 Å². The molecule has 0 aliphatic carbocycles. The van der Waals surface area contributed by atoms with Crippen LogP contribution in [-0.2, 0) is 0 Å². The molecule has 0 spiro atoms. The van der Waals surface area contributed by atoms with Crippen molar-refractivity contribution >= 4 is 6.08 Å². The number of aliphatic hydroxyl groups excluding tert-OH is 2. The summed E-state index contributed by atoms with van der Waals surface area (Å²) < 4.78 is 32.5. The second-order valence-electron chi connectivity index (χ2n) is 5.77. The van der Waals surface area contributed by atoms with Crippen molar-refractivity contribution in [3.05, 3.63) is 41.5 Å².